The van der Waals surface area contributed by atoms with Gasteiger partial charge in [-0.1, -0.05) is 37.6 Å². The van der Waals surface area contributed by atoms with E-state index in [0.717, 1.165) is 29.7 Å². The van der Waals surface area contributed by atoms with Crippen LogP contribution < -0.4 is 10.1 Å². The standard InChI is InChI=1S/C20H25NO2/c1-5-6-17-9-11-18(12-10-17)23-16(4)20(22)21-19-13-14(2)7-8-15(19)3/h7-13,16H,5-6H2,1-4H3,(H,21,22). The molecule has 0 aromatic heterocycles. The number of nitrogens with one attached hydrogen (secondary N) is 1. The number of aryl methyl sites for hydroxylation is 3. The van der Waals surface area contributed by atoms with Crippen LogP contribution in [0.4, 0.5) is 5.69 Å². The van der Waals surface area contributed by atoms with Crippen molar-refractivity contribution < 1.29 is 9.53 Å². The molecule has 0 radical (unpaired) electrons. The first-order valence-corrected chi connectivity index (χ1v) is 8.13. The van der Waals surface area contributed by atoms with Gasteiger partial charge in [0.15, 0.2) is 6.10 Å². The highest BCUT2D eigenvalue weighted by Gasteiger charge is 2.15. The second-order valence-electron chi connectivity index (χ2n) is 5.96. The largest absolute Gasteiger partial charge is 0.481 e. The molecule has 0 heterocycles. The third kappa shape index (κ3) is 4.85. The lowest BCUT2D eigenvalue weighted by Crippen LogP contribution is -2.30. The molecule has 3 heteroatoms. The fourth-order valence-electron chi connectivity index (χ4n) is 2.39. The first-order chi connectivity index (χ1) is 11.0. The van der Waals surface area contributed by atoms with E-state index in [4.69, 9.17) is 4.74 Å². The summed E-state index contributed by atoms with van der Waals surface area (Å²) in [6, 6.07) is 14.0. The number of amides is 1. The fraction of sp³-hybridized carbons (Fsp3) is 0.350. The highest BCUT2D eigenvalue weighted by atomic mass is 16.5. The topological polar surface area (TPSA) is 38.3 Å². The van der Waals surface area contributed by atoms with Crippen molar-refractivity contribution in [3.8, 4) is 5.75 Å². The van der Waals surface area contributed by atoms with E-state index < -0.39 is 6.10 Å². The molecule has 0 saturated carbocycles. The average Bonchev–Trinajstić information content (AvgIpc) is 2.53. The van der Waals surface area contributed by atoms with E-state index in [1.165, 1.54) is 5.56 Å². The number of carbonyl (C=O) groups excluding carboxylic acids is 1. The van der Waals surface area contributed by atoms with Crippen molar-refractivity contribution in [2.45, 2.75) is 46.6 Å². The summed E-state index contributed by atoms with van der Waals surface area (Å²) in [5.41, 5.74) is 4.28. The van der Waals surface area contributed by atoms with E-state index in [1.54, 1.807) is 6.92 Å². The van der Waals surface area contributed by atoms with E-state index in [0.29, 0.717) is 5.75 Å². The molecule has 0 aliphatic heterocycles. The van der Waals surface area contributed by atoms with Crippen LogP contribution in [0, 0.1) is 13.8 Å². The van der Waals surface area contributed by atoms with E-state index in [1.807, 2.05) is 56.3 Å². The summed E-state index contributed by atoms with van der Waals surface area (Å²) in [6.07, 6.45) is 1.63. The predicted octanol–water partition coefficient (Wildman–Crippen LogP) is 4.66. The van der Waals surface area contributed by atoms with Crippen molar-refractivity contribution in [2.24, 2.45) is 0 Å². The van der Waals surface area contributed by atoms with Crippen LogP contribution in [0.3, 0.4) is 0 Å². The Balaban J connectivity index is 1.98. The van der Waals surface area contributed by atoms with Crippen LogP contribution in [-0.2, 0) is 11.2 Å². The summed E-state index contributed by atoms with van der Waals surface area (Å²) >= 11 is 0. The minimum absolute atomic E-state index is 0.142. The van der Waals surface area contributed by atoms with Gasteiger partial charge in [0.05, 0.1) is 0 Å². The molecule has 3 nitrogen and oxygen atoms in total. The van der Waals surface area contributed by atoms with E-state index in [2.05, 4.69) is 12.2 Å². The van der Waals surface area contributed by atoms with E-state index in [9.17, 15) is 4.79 Å². The normalized spacial score (nSPS) is 11.8. The number of ether oxygens (including phenoxy) is 1. The number of hydrogen-bond acceptors (Lipinski definition) is 2. The summed E-state index contributed by atoms with van der Waals surface area (Å²) in [5.74, 6) is 0.574. The van der Waals surface area contributed by atoms with Gasteiger partial charge in [-0.3, -0.25) is 4.79 Å². The molecule has 1 N–H and O–H groups in total. The molecule has 122 valence electrons. The molecule has 2 rings (SSSR count). The molecular formula is C20H25NO2. The minimum atomic E-state index is -0.549. The van der Waals surface area contributed by atoms with Gasteiger partial charge in [0, 0.05) is 5.69 Å². The van der Waals surface area contributed by atoms with Crippen LogP contribution in [0.1, 0.15) is 37.0 Å². The highest BCUT2D eigenvalue weighted by molar-refractivity contribution is 5.94. The second-order valence-corrected chi connectivity index (χ2v) is 5.96. The van der Waals surface area contributed by atoms with Crippen molar-refractivity contribution in [1.29, 1.82) is 0 Å². The Morgan fingerprint density at radius 3 is 2.48 bits per heavy atom. The summed E-state index contributed by atoms with van der Waals surface area (Å²) < 4.78 is 5.74. The fourth-order valence-corrected chi connectivity index (χ4v) is 2.39. The Morgan fingerprint density at radius 2 is 1.83 bits per heavy atom. The third-order valence-corrected chi connectivity index (χ3v) is 3.80. The van der Waals surface area contributed by atoms with Crippen LogP contribution in [0.2, 0.25) is 0 Å². The maximum absolute atomic E-state index is 12.3. The van der Waals surface area contributed by atoms with Crippen LogP contribution in [0.15, 0.2) is 42.5 Å². The molecule has 1 atom stereocenters. The van der Waals surface area contributed by atoms with Gasteiger partial charge in [-0.25, -0.2) is 0 Å². The Hall–Kier alpha value is -2.29. The molecule has 0 aliphatic carbocycles. The molecule has 0 bridgehead atoms. The molecule has 23 heavy (non-hydrogen) atoms. The molecular weight excluding hydrogens is 286 g/mol. The summed E-state index contributed by atoms with van der Waals surface area (Å²) in [7, 11) is 0. The number of hydrogen-bond donors (Lipinski definition) is 1. The van der Waals surface area contributed by atoms with Crippen molar-refractivity contribution in [3.05, 3.63) is 59.2 Å². The number of carbonyl (C=O) groups is 1. The molecule has 0 aliphatic rings. The second kappa shape index (κ2) is 7.82. The molecule has 0 saturated heterocycles. The maximum Gasteiger partial charge on any atom is 0.265 e. The Kier molecular flexibility index (Phi) is 5.80. The van der Waals surface area contributed by atoms with Crippen LogP contribution >= 0.6 is 0 Å². The lowest BCUT2D eigenvalue weighted by molar-refractivity contribution is -0.122. The summed E-state index contributed by atoms with van der Waals surface area (Å²) in [4.78, 5) is 12.3. The molecule has 2 aromatic carbocycles. The van der Waals surface area contributed by atoms with E-state index in [-0.39, 0.29) is 5.91 Å². The molecule has 1 unspecified atom stereocenters. The Labute approximate surface area is 138 Å². The van der Waals surface area contributed by atoms with Gasteiger partial charge in [-0.15, -0.1) is 0 Å². The zero-order valence-corrected chi connectivity index (χ0v) is 14.3. The molecule has 0 spiro atoms. The highest BCUT2D eigenvalue weighted by Crippen LogP contribution is 2.18. The zero-order valence-electron chi connectivity index (χ0n) is 14.3. The molecule has 1 amide bonds. The van der Waals surface area contributed by atoms with Gasteiger partial charge >= 0.3 is 0 Å². The Bertz CT molecular complexity index is 662. The molecule has 0 fully saturated rings. The smallest absolute Gasteiger partial charge is 0.265 e. The molecule has 2 aromatic rings. The van der Waals surface area contributed by atoms with Gasteiger partial charge in [0.25, 0.3) is 5.91 Å². The van der Waals surface area contributed by atoms with Crippen molar-refractivity contribution in [3.63, 3.8) is 0 Å². The zero-order chi connectivity index (χ0) is 16.8. The lowest BCUT2D eigenvalue weighted by atomic mass is 10.1. The van der Waals surface area contributed by atoms with Crippen LogP contribution in [0.5, 0.6) is 5.75 Å². The minimum Gasteiger partial charge on any atom is -0.481 e. The number of rotatable bonds is 6. The number of anilines is 1. The SMILES string of the molecule is CCCc1ccc(OC(C)C(=O)Nc2cc(C)ccc2C)cc1. The van der Waals surface area contributed by atoms with Gasteiger partial charge < -0.3 is 10.1 Å². The van der Waals surface area contributed by atoms with Gasteiger partial charge in [0.1, 0.15) is 5.75 Å². The quantitative estimate of drug-likeness (QED) is 0.842. The van der Waals surface area contributed by atoms with Crippen molar-refractivity contribution in [2.75, 3.05) is 5.32 Å². The third-order valence-electron chi connectivity index (χ3n) is 3.80. The average molecular weight is 311 g/mol. The lowest BCUT2D eigenvalue weighted by Gasteiger charge is -2.16. The first-order valence-electron chi connectivity index (χ1n) is 8.13. The summed E-state index contributed by atoms with van der Waals surface area (Å²) in [6.45, 7) is 7.91. The monoisotopic (exact) mass is 311 g/mol. The van der Waals surface area contributed by atoms with Crippen LogP contribution in [-0.4, -0.2) is 12.0 Å². The van der Waals surface area contributed by atoms with Gasteiger partial charge in [0.2, 0.25) is 0 Å². The first kappa shape index (κ1) is 17.1. The number of benzene rings is 2. The van der Waals surface area contributed by atoms with E-state index >= 15 is 0 Å². The maximum atomic E-state index is 12.3. The van der Waals surface area contributed by atoms with Gasteiger partial charge in [-0.2, -0.15) is 0 Å². The van der Waals surface area contributed by atoms with Gasteiger partial charge in [-0.05, 0) is 62.1 Å². The van der Waals surface area contributed by atoms with Crippen LogP contribution in [0.25, 0.3) is 0 Å². The summed E-state index contributed by atoms with van der Waals surface area (Å²) in [5, 5.41) is 2.94. The van der Waals surface area contributed by atoms with Crippen molar-refractivity contribution in [1.82, 2.24) is 0 Å². The Morgan fingerprint density at radius 1 is 1.13 bits per heavy atom. The van der Waals surface area contributed by atoms with Crippen molar-refractivity contribution >= 4 is 11.6 Å². The predicted molar refractivity (Wildman–Crippen MR) is 95.1 cm³/mol.